The van der Waals surface area contributed by atoms with Gasteiger partial charge in [0.25, 0.3) is 0 Å². The monoisotopic (exact) mass is 701 g/mol. The van der Waals surface area contributed by atoms with E-state index in [0.717, 1.165) is 0 Å². The van der Waals surface area contributed by atoms with Crippen LogP contribution in [0.5, 0.6) is 0 Å². The zero-order chi connectivity index (χ0) is 36.4. The summed E-state index contributed by atoms with van der Waals surface area (Å²) in [5.74, 6) is -2.27. The van der Waals surface area contributed by atoms with Gasteiger partial charge in [-0.1, -0.05) is 0 Å². The van der Waals surface area contributed by atoms with Crippen molar-refractivity contribution in [1.82, 2.24) is 35.6 Å². The molecule has 0 aliphatic carbocycles. The lowest BCUT2D eigenvalue weighted by molar-refractivity contribution is -0.150. The van der Waals surface area contributed by atoms with Crippen molar-refractivity contribution < 1.29 is 28.8 Å². The maximum atomic E-state index is 14.2. The third kappa shape index (κ3) is 9.39. The van der Waals surface area contributed by atoms with Gasteiger partial charge in [0.2, 0.25) is 35.8 Å². The predicted octanol–water partition coefficient (Wildman–Crippen LogP) is -2.60. The number of hydrogen-bond acceptors (Lipinski definition) is 9. The molecule has 0 unspecified atom stereocenters. The Morgan fingerprint density at radius 1 is 0.680 bits per heavy atom. The van der Waals surface area contributed by atoms with Gasteiger partial charge in [-0.05, 0) is 77.0 Å². The Morgan fingerprint density at radius 3 is 1.76 bits per heavy atom. The highest BCUT2D eigenvalue weighted by atomic mass is 16.2. The molecule has 0 spiro atoms. The number of carbonyl (C=O) groups excluding carboxylic acids is 6. The molecule has 18 nitrogen and oxygen atoms in total. The van der Waals surface area contributed by atoms with Crippen LogP contribution in [-0.2, 0) is 28.8 Å². The second kappa shape index (κ2) is 18.0. The van der Waals surface area contributed by atoms with Crippen LogP contribution in [0.1, 0.15) is 77.0 Å². The maximum Gasteiger partial charge on any atom is 0.246 e. The quantitative estimate of drug-likeness (QED) is 0.0498. The molecule has 0 aromatic rings. The molecule has 4 heterocycles. The number of nitrogens with zero attached hydrogens (tertiary/aromatic N) is 4. The molecule has 4 saturated heterocycles. The molecule has 0 aromatic heterocycles. The molecule has 18 heteroatoms. The summed E-state index contributed by atoms with van der Waals surface area (Å²) in [7, 11) is 0. The Kier molecular flexibility index (Phi) is 13.8. The highest BCUT2D eigenvalue weighted by molar-refractivity contribution is 5.97. The summed E-state index contributed by atoms with van der Waals surface area (Å²) in [6.45, 7) is 2.13. The molecule has 0 aromatic carbocycles. The van der Waals surface area contributed by atoms with E-state index >= 15 is 0 Å². The van der Waals surface area contributed by atoms with E-state index in [1.807, 2.05) is 6.29 Å². The van der Waals surface area contributed by atoms with E-state index in [4.69, 9.17) is 28.0 Å². The smallest absolute Gasteiger partial charge is 0.246 e. The zero-order valence-electron chi connectivity index (χ0n) is 28.7. The first-order valence-corrected chi connectivity index (χ1v) is 17.8. The highest BCUT2D eigenvalue weighted by Gasteiger charge is 2.46. The molecule has 50 heavy (non-hydrogen) atoms. The third-order valence-electron chi connectivity index (χ3n) is 10.1. The molecule has 4 fully saturated rings. The first kappa shape index (κ1) is 38.3. The Labute approximate surface area is 292 Å². The molecule has 0 saturated carbocycles. The van der Waals surface area contributed by atoms with Crippen molar-refractivity contribution in [3.8, 4) is 0 Å². The van der Waals surface area contributed by atoms with Gasteiger partial charge in [-0.2, -0.15) is 0 Å². The average molecular weight is 702 g/mol. The lowest BCUT2D eigenvalue weighted by Crippen LogP contribution is -2.58. The van der Waals surface area contributed by atoms with Gasteiger partial charge >= 0.3 is 0 Å². The van der Waals surface area contributed by atoms with Crippen molar-refractivity contribution in [2.45, 2.75) is 113 Å². The van der Waals surface area contributed by atoms with E-state index in [1.165, 1.54) is 14.7 Å². The van der Waals surface area contributed by atoms with Crippen molar-refractivity contribution in [2.75, 3.05) is 39.3 Å². The van der Waals surface area contributed by atoms with Crippen molar-refractivity contribution in [3.05, 3.63) is 0 Å². The standard InChI is InChI=1S/C32H53N12O6/c33-21(8-1-13-38-31(34)35)27(47)42-16-4-10-23(42)26(46)40-22(9-2-14-39-32(36)37)28(48)43-17-5-12-25(43)30(50)44-18-6-11-24(44)29(49)41-15-3-7-20(41)19-45/h20-25H,1-18,33H2,(H,40,46)(H4,34,35,38)(H4,36,37,39)/t20-,21-,22-,23-,24-,25-/m0/s1. The van der Waals surface area contributed by atoms with Crippen molar-refractivity contribution in [2.24, 2.45) is 17.2 Å². The fourth-order valence-electron chi connectivity index (χ4n) is 7.55. The van der Waals surface area contributed by atoms with Crippen LogP contribution in [0.25, 0.3) is 0 Å². The van der Waals surface area contributed by atoms with Crippen LogP contribution in [0.2, 0.25) is 0 Å². The fourth-order valence-corrected chi connectivity index (χ4v) is 7.55. The van der Waals surface area contributed by atoms with E-state index in [1.54, 1.807) is 4.90 Å². The molecule has 1 radical (unpaired) electrons. The Morgan fingerprint density at radius 2 is 1.16 bits per heavy atom. The van der Waals surface area contributed by atoms with E-state index in [9.17, 15) is 28.8 Å². The van der Waals surface area contributed by atoms with E-state index < -0.39 is 48.1 Å². The third-order valence-corrected chi connectivity index (χ3v) is 10.1. The number of nitrogens with one attached hydrogen (secondary N) is 5. The summed E-state index contributed by atoms with van der Waals surface area (Å²) in [6.07, 6.45) is 7.67. The van der Waals surface area contributed by atoms with Crippen molar-refractivity contribution in [3.63, 3.8) is 0 Å². The molecule has 6 atom stereocenters. The first-order chi connectivity index (χ1) is 23.9. The molecule has 4 aliphatic rings. The Bertz CT molecular complexity index is 1300. The summed E-state index contributed by atoms with van der Waals surface area (Å²) in [5.41, 5.74) is 16.9. The van der Waals surface area contributed by atoms with Gasteiger partial charge in [0.15, 0.2) is 11.9 Å². The summed E-state index contributed by atoms with van der Waals surface area (Å²) in [5, 5.41) is 22.9. The molecule has 11 N–H and O–H groups in total. The zero-order valence-corrected chi connectivity index (χ0v) is 28.7. The normalized spacial score (nSPS) is 24.5. The Hall–Kier alpha value is -4.48. The summed E-state index contributed by atoms with van der Waals surface area (Å²) in [6, 6.07) is -4.80. The number of nitrogens with two attached hydrogens (primary N) is 3. The average Bonchev–Trinajstić information content (AvgIpc) is 3.92. The minimum absolute atomic E-state index is 0.174. The van der Waals surface area contributed by atoms with Crippen LogP contribution in [-0.4, -0.2) is 143 Å². The van der Waals surface area contributed by atoms with Crippen LogP contribution in [0, 0.1) is 10.8 Å². The van der Waals surface area contributed by atoms with E-state index in [-0.39, 0.29) is 42.6 Å². The van der Waals surface area contributed by atoms with Crippen LogP contribution in [0.4, 0.5) is 0 Å². The lowest BCUT2D eigenvalue weighted by Gasteiger charge is -2.35. The second-order valence-electron chi connectivity index (χ2n) is 13.5. The van der Waals surface area contributed by atoms with E-state index in [0.29, 0.717) is 103 Å². The number of likely N-dealkylation sites (tertiary alicyclic amines) is 4. The topological polar surface area (TPSA) is 277 Å². The predicted molar refractivity (Wildman–Crippen MR) is 183 cm³/mol. The highest BCUT2D eigenvalue weighted by Crippen LogP contribution is 2.29. The minimum Gasteiger partial charge on any atom is -0.370 e. The fraction of sp³-hybridized carbons (Fsp3) is 0.750. The van der Waals surface area contributed by atoms with Crippen LogP contribution in [0.3, 0.4) is 0 Å². The van der Waals surface area contributed by atoms with Crippen LogP contribution in [0.15, 0.2) is 0 Å². The molecule has 5 amide bonds. The summed E-state index contributed by atoms with van der Waals surface area (Å²) in [4.78, 5) is 86.1. The molecule has 4 rings (SSSR count). The summed E-state index contributed by atoms with van der Waals surface area (Å²) >= 11 is 0. The van der Waals surface area contributed by atoms with E-state index in [2.05, 4.69) is 16.0 Å². The molecule has 0 bridgehead atoms. The van der Waals surface area contributed by atoms with Gasteiger partial charge < -0.3 is 52.8 Å². The Balaban J connectivity index is 1.44. The number of carbonyl (C=O) groups is 5. The molecular weight excluding hydrogens is 648 g/mol. The number of hydrogen-bond donors (Lipinski definition) is 8. The lowest BCUT2D eigenvalue weighted by atomic mass is 10.1. The SMILES string of the molecule is N=C(N)NCCC[C@H](NC(=O)[C@@H]1CCCN1C(=O)[C@@H](N)CCCNC(=N)N)C(=O)N1CCC[C@H]1C(=O)N1CCC[C@H]1C(=O)N1CCC[C@H]1[C]=O. The molecule has 4 aliphatic heterocycles. The van der Waals surface area contributed by atoms with Gasteiger partial charge in [0, 0.05) is 39.3 Å². The molecule has 277 valence electrons. The molecular formula is C32H53N12O6. The summed E-state index contributed by atoms with van der Waals surface area (Å²) < 4.78 is 0. The first-order valence-electron chi connectivity index (χ1n) is 17.8. The number of amides is 5. The maximum absolute atomic E-state index is 14.2. The van der Waals surface area contributed by atoms with Crippen LogP contribution < -0.4 is 33.2 Å². The van der Waals surface area contributed by atoms with Gasteiger partial charge in [0.05, 0.1) is 12.1 Å². The largest absolute Gasteiger partial charge is 0.370 e. The second-order valence-corrected chi connectivity index (χ2v) is 13.5. The minimum atomic E-state index is -1.02. The number of guanidine groups is 2. The van der Waals surface area contributed by atoms with Gasteiger partial charge in [-0.25, -0.2) is 0 Å². The van der Waals surface area contributed by atoms with Gasteiger partial charge in [0.1, 0.15) is 24.2 Å². The van der Waals surface area contributed by atoms with Gasteiger partial charge in [-0.3, -0.25) is 39.6 Å². The van der Waals surface area contributed by atoms with Crippen molar-refractivity contribution >= 4 is 47.7 Å². The van der Waals surface area contributed by atoms with Crippen LogP contribution >= 0.6 is 0 Å². The van der Waals surface area contributed by atoms with Gasteiger partial charge in [-0.15, -0.1) is 0 Å². The van der Waals surface area contributed by atoms with Crippen molar-refractivity contribution in [1.29, 1.82) is 10.8 Å². The number of rotatable bonds is 15.